The van der Waals surface area contributed by atoms with Gasteiger partial charge in [0.15, 0.2) is 11.6 Å². The highest BCUT2D eigenvalue weighted by Gasteiger charge is 2.15. The van der Waals surface area contributed by atoms with Gasteiger partial charge in [0.1, 0.15) is 0 Å². The van der Waals surface area contributed by atoms with Crippen molar-refractivity contribution in [3.63, 3.8) is 0 Å². The Balaban J connectivity index is 2.62. The minimum Gasteiger partial charge on any atom is -0.225 e. The second-order valence-corrected chi connectivity index (χ2v) is 6.20. The molecule has 3 nitrogen and oxygen atoms in total. The van der Waals surface area contributed by atoms with Gasteiger partial charge in [-0.1, -0.05) is 34.1 Å². The second kappa shape index (κ2) is 4.99. The highest BCUT2D eigenvalue weighted by molar-refractivity contribution is 9.10. The van der Waals surface area contributed by atoms with Crippen LogP contribution in [0.2, 0.25) is 0 Å². The fourth-order valence-corrected chi connectivity index (χ4v) is 2.89. The summed E-state index contributed by atoms with van der Waals surface area (Å²) in [7, 11) is -3.84. The molecule has 0 saturated heterocycles. The summed E-state index contributed by atoms with van der Waals surface area (Å²) >= 11 is 3.13. The van der Waals surface area contributed by atoms with Crippen molar-refractivity contribution < 1.29 is 17.2 Å². The van der Waals surface area contributed by atoms with Crippen molar-refractivity contribution in [3.05, 3.63) is 52.5 Å². The van der Waals surface area contributed by atoms with E-state index < -0.39 is 21.7 Å². The maximum absolute atomic E-state index is 13.7. The predicted molar refractivity (Wildman–Crippen MR) is 70.9 cm³/mol. The van der Waals surface area contributed by atoms with E-state index in [1.165, 1.54) is 30.3 Å². The van der Waals surface area contributed by atoms with E-state index in [-0.39, 0.29) is 10.5 Å². The molecule has 0 unspecified atom stereocenters. The summed E-state index contributed by atoms with van der Waals surface area (Å²) in [6.07, 6.45) is 0. The predicted octanol–water partition coefficient (Wildman–Crippen LogP) is 3.04. The molecule has 2 aromatic carbocycles. The first-order valence-corrected chi connectivity index (χ1v) is 7.41. The molecular formula is C12H8BrF2NO2S. The average molecular weight is 348 g/mol. The number of halogens is 3. The van der Waals surface area contributed by atoms with E-state index in [1.54, 1.807) is 0 Å². The lowest BCUT2D eigenvalue weighted by Gasteiger charge is -2.08. The summed E-state index contributed by atoms with van der Waals surface area (Å²) in [5, 5.41) is 4.99. The molecule has 0 fully saturated rings. The molecule has 2 N–H and O–H groups in total. The molecule has 7 heteroatoms. The van der Waals surface area contributed by atoms with Crippen molar-refractivity contribution in [2.45, 2.75) is 4.90 Å². The Kier molecular flexibility index (Phi) is 3.71. The molecular weight excluding hydrogens is 340 g/mol. The lowest BCUT2D eigenvalue weighted by atomic mass is 10.1. The maximum atomic E-state index is 13.7. The Morgan fingerprint density at radius 2 is 1.74 bits per heavy atom. The highest BCUT2D eigenvalue weighted by Crippen LogP contribution is 2.32. The van der Waals surface area contributed by atoms with E-state index in [2.05, 4.69) is 15.9 Å². The number of rotatable bonds is 2. The topological polar surface area (TPSA) is 60.2 Å². The number of nitrogens with two attached hydrogens (primary N) is 1. The third-order valence-corrected chi connectivity index (χ3v) is 4.08. The van der Waals surface area contributed by atoms with E-state index in [4.69, 9.17) is 5.14 Å². The number of hydrogen-bond donors (Lipinski definition) is 1. The van der Waals surface area contributed by atoms with Gasteiger partial charge in [0.2, 0.25) is 10.0 Å². The molecule has 0 amide bonds. The van der Waals surface area contributed by atoms with Crippen LogP contribution in [-0.4, -0.2) is 8.42 Å². The van der Waals surface area contributed by atoms with Gasteiger partial charge in [-0.15, -0.1) is 0 Å². The maximum Gasteiger partial charge on any atom is 0.238 e. The summed E-state index contributed by atoms with van der Waals surface area (Å²) in [6.45, 7) is 0. The summed E-state index contributed by atoms with van der Waals surface area (Å²) in [5.74, 6) is -1.97. The molecule has 2 aromatic rings. The van der Waals surface area contributed by atoms with Gasteiger partial charge in [-0.25, -0.2) is 22.3 Å². The van der Waals surface area contributed by atoms with Gasteiger partial charge in [-0.05, 0) is 23.8 Å². The number of primary sulfonamides is 1. The molecule has 0 spiro atoms. The Morgan fingerprint density at radius 3 is 2.32 bits per heavy atom. The molecule has 0 aliphatic carbocycles. The lowest BCUT2D eigenvalue weighted by molar-refractivity contribution is 0.511. The monoisotopic (exact) mass is 347 g/mol. The van der Waals surface area contributed by atoms with Crippen LogP contribution in [0.15, 0.2) is 45.8 Å². The smallest absolute Gasteiger partial charge is 0.225 e. The molecule has 0 heterocycles. The zero-order valence-electron chi connectivity index (χ0n) is 9.40. The van der Waals surface area contributed by atoms with Crippen LogP contribution in [0.25, 0.3) is 11.1 Å². The van der Waals surface area contributed by atoms with Gasteiger partial charge < -0.3 is 0 Å². The van der Waals surface area contributed by atoms with Gasteiger partial charge in [-0.3, -0.25) is 0 Å². The quantitative estimate of drug-likeness (QED) is 0.907. The van der Waals surface area contributed by atoms with Crippen molar-refractivity contribution in [2.24, 2.45) is 5.14 Å². The molecule has 2 rings (SSSR count). The van der Waals surface area contributed by atoms with Crippen LogP contribution in [-0.2, 0) is 10.0 Å². The molecule has 0 saturated carbocycles. The Bertz CT molecular complexity index is 747. The Hall–Kier alpha value is -1.31. The molecule has 0 atom stereocenters. The lowest BCUT2D eigenvalue weighted by Crippen LogP contribution is -2.12. The van der Waals surface area contributed by atoms with E-state index in [0.717, 1.165) is 6.07 Å². The molecule has 0 aliphatic rings. The first kappa shape index (κ1) is 14.1. The van der Waals surface area contributed by atoms with Gasteiger partial charge >= 0.3 is 0 Å². The molecule has 0 radical (unpaired) electrons. The summed E-state index contributed by atoms with van der Waals surface area (Å²) in [6, 6.07) is 7.62. The number of benzene rings is 2. The van der Waals surface area contributed by atoms with Gasteiger partial charge in [-0.2, -0.15) is 0 Å². The van der Waals surface area contributed by atoms with Crippen molar-refractivity contribution in [3.8, 4) is 11.1 Å². The van der Waals surface area contributed by atoms with Gasteiger partial charge in [0.25, 0.3) is 0 Å². The van der Waals surface area contributed by atoms with E-state index in [9.17, 15) is 17.2 Å². The molecule has 0 bridgehead atoms. The van der Waals surface area contributed by atoms with Gasteiger partial charge in [0.05, 0.1) is 4.90 Å². The minimum atomic E-state index is -3.84. The summed E-state index contributed by atoms with van der Waals surface area (Å²) in [5.41, 5.74) is 0.372. The Morgan fingerprint density at radius 1 is 1.05 bits per heavy atom. The Labute approximate surface area is 117 Å². The normalized spacial score (nSPS) is 11.6. The number of sulfonamides is 1. The SMILES string of the molecule is NS(=O)(=O)c1ccc(-c2cccc(F)c2F)c(Br)c1. The summed E-state index contributed by atoms with van der Waals surface area (Å²) in [4.78, 5) is -0.111. The molecule has 0 aromatic heterocycles. The zero-order valence-corrected chi connectivity index (χ0v) is 11.8. The van der Waals surface area contributed by atoms with Crippen LogP contribution >= 0.6 is 15.9 Å². The van der Waals surface area contributed by atoms with Crippen LogP contribution in [0, 0.1) is 11.6 Å². The molecule has 19 heavy (non-hydrogen) atoms. The first-order chi connectivity index (χ1) is 8.80. The van der Waals surface area contributed by atoms with E-state index in [0.29, 0.717) is 10.0 Å². The number of hydrogen-bond acceptors (Lipinski definition) is 2. The van der Waals surface area contributed by atoms with E-state index >= 15 is 0 Å². The van der Waals surface area contributed by atoms with Crippen molar-refractivity contribution in [2.75, 3.05) is 0 Å². The first-order valence-electron chi connectivity index (χ1n) is 5.07. The zero-order chi connectivity index (χ0) is 14.2. The minimum absolute atomic E-state index is 0.0350. The van der Waals surface area contributed by atoms with Crippen LogP contribution in [0.5, 0.6) is 0 Å². The molecule has 100 valence electrons. The standard InChI is InChI=1S/C12H8BrF2NO2S/c13-10-6-7(19(16,17)18)4-5-8(10)9-2-1-3-11(14)12(9)15/h1-6H,(H2,16,17,18). The third kappa shape index (κ3) is 2.83. The van der Waals surface area contributed by atoms with Crippen LogP contribution in [0.3, 0.4) is 0 Å². The van der Waals surface area contributed by atoms with E-state index in [1.807, 2.05) is 0 Å². The average Bonchev–Trinajstić information content (AvgIpc) is 2.32. The third-order valence-electron chi connectivity index (χ3n) is 2.51. The second-order valence-electron chi connectivity index (χ2n) is 3.79. The molecule has 0 aliphatic heterocycles. The summed E-state index contributed by atoms with van der Waals surface area (Å²) < 4.78 is 49.5. The van der Waals surface area contributed by atoms with Crippen LogP contribution in [0.4, 0.5) is 8.78 Å². The van der Waals surface area contributed by atoms with Crippen molar-refractivity contribution >= 4 is 26.0 Å². The van der Waals surface area contributed by atoms with Gasteiger partial charge in [0, 0.05) is 10.0 Å². The van der Waals surface area contributed by atoms with Crippen LogP contribution < -0.4 is 5.14 Å². The van der Waals surface area contributed by atoms with Crippen LogP contribution in [0.1, 0.15) is 0 Å². The van der Waals surface area contributed by atoms with Crippen molar-refractivity contribution in [1.29, 1.82) is 0 Å². The fraction of sp³-hybridized carbons (Fsp3) is 0. The fourth-order valence-electron chi connectivity index (χ4n) is 1.60. The highest BCUT2D eigenvalue weighted by atomic mass is 79.9. The largest absolute Gasteiger partial charge is 0.238 e. The van der Waals surface area contributed by atoms with Crippen molar-refractivity contribution in [1.82, 2.24) is 0 Å².